The Balaban J connectivity index is 2.67. The van der Waals surface area contributed by atoms with E-state index in [0.29, 0.717) is 24.1 Å². The van der Waals surface area contributed by atoms with Crippen LogP contribution >= 0.6 is 11.8 Å². The van der Waals surface area contributed by atoms with Gasteiger partial charge in [-0.3, -0.25) is 9.21 Å². The van der Waals surface area contributed by atoms with Crippen LogP contribution in [0.4, 0.5) is 0 Å². The lowest BCUT2D eigenvalue weighted by Crippen LogP contribution is -2.30. The Bertz CT molecular complexity index is 445. The van der Waals surface area contributed by atoms with E-state index in [1.54, 1.807) is 6.92 Å². The molecule has 0 fully saturated rings. The van der Waals surface area contributed by atoms with E-state index in [1.165, 1.54) is 6.07 Å². The van der Waals surface area contributed by atoms with Crippen LogP contribution in [0.3, 0.4) is 0 Å². The van der Waals surface area contributed by atoms with E-state index >= 15 is 0 Å². The van der Waals surface area contributed by atoms with Gasteiger partial charge in [0.05, 0.1) is 5.56 Å². The molecule has 0 aromatic heterocycles. The van der Waals surface area contributed by atoms with Crippen LogP contribution in [0.25, 0.3) is 0 Å². The van der Waals surface area contributed by atoms with Crippen molar-refractivity contribution in [3.05, 3.63) is 22.8 Å². The number of fused-ring (bicyclic) bond motifs is 1. The molecule has 80 valence electrons. The third-order valence-electron chi connectivity index (χ3n) is 2.62. The molecule has 0 atom stereocenters. The summed E-state index contributed by atoms with van der Waals surface area (Å²) in [6.07, 6.45) is 0.583. The predicted molar refractivity (Wildman–Crippen MR) is 55.1 cm³/mol. The minimum absolute atomic E-state index is 0.193. The van der Waals surface area contributed by atoms with Crippen molar-refractivity contribution in [1.29, 1.82) is 0 Å². The molecule has 1 amide bonds. The van der Waals surface area contributed by atoms with Crippen molar-refractivity contribution in [3.63, 3.8) is 0 Å². The number of hydrogen-bond donors (Lipinski definition) is 2. The lowest BCUT2D eigenvalue weighted by Gasteiger charge is -2.24. The first-order chi connectivity index (χ1) is 7.02. The second-order valence-electron chi connectivity index (χ2n) is 3.54. The van der Waals surface area contributed by atoms with E-state index in [0.717, 1.165) is 9.98 Å². The maximum atomic E-state index is 11.7. The molecule has 0 aliphatic carbocycles. The molecule has 1 aromatic rings. The number of halogens is 1. The Kier molecular flexibility index (Phi) is 2.23. The minimum Gasteiger partial charge on any atom is -0.504 e. The zero-order valence-corrected chi connectivity index (χ0v) is 8.88. The summed E-state index contributed by atoms with van der Waals surface area (Å²) in [7, 11) is 0. The zero-order valence-electron chi connectivity index (χ0n) is 8.12. The number of aromatic hydroxyl groups is 2. The van der Waals surface area contributed by atoms with Crippen LogP contribution in [-0.4, -0.2) is 27.1 Å². The van der Waals surface area contributed by atoms with E-state index in [4.69, 9.17) is 11.8 Å². The highest BCUT2D eigenvalue weighted by molar-refractivity contribution is 6.25. The normalized spacial score (nSPS) is 15.3. The van der Waals surface area contributed by atoms with E-state index in [9.17, 15) is 15.0 Å². The molecule has 2 N–H and O–H groups in total. The molecule has 0 saturated heterocycles. The Morgan fingerprint density at radius 3 is 2.80 bits per heavy atom. The summed E-state index contributed by atoms with van der Waals surface area (Å²) in [4.78, 5) is 11.7. The number of carbonyl (C=O) groups is 1. The molecule has 0 unspecified atom stereocenters. The Morgan fingerprint density at radius 2 is 2.13 bits per heavy atom. The van der Waals surface area contributed by atoms with Crippen LogP contribution < -0.4 is 0 Å². The van der Waals surface area contributed by atoms with Crippen LogP contribution in [0.1, 0.15) is 21.5 Å². The topological polar surface area (TPSA) is 60.8 Å². The first-order valence-electron chi connectivity index (χ1n) is 4.54. The quantitative estimate of drug-likeness (QED) is 0.522. The van der Waals surface area contributed by atoms with E-state index in [-0.39, 0.29) is 17.4 Å². The van der Waals surface area contributed by atoms with E-state index in [1.807, 2.05) is 0 Å². The zero-order chi connectivity index (χ0) is 11.2. The molecule has 1 aromatic carbocycles. The molecule has 5 heteroatoms. The second kappa shape index (κ2) is 3.31. The summed E-state index contributed by atoms with van der Waals surface area (Å²) in [5, 5.41) is 18.9. The molecule has 1 aliphatic rings. The van der Waals surface area contributed by atoms with Gasteiger partial charge in [-0.1, -0.05) is 0 Å². The number of phenols is 2. The smallest absolute Gasteiger partial charge is 0.268 e. The van der Waals surface area contributed by atoms with Crippen LogP contribution in [0.5, 0.6) is 11.5 Å². The number of phenolic OH excluding ortho intramolecular Hbond substituents is 2. The van der Waals surface area contributed by atoms with Gasteiger partial charge in [0.15, 0.2) is 11.5 Å². The molecule has 0 spiro atoms. The number of amides is 1. The highest BCUT2D eigenvalue weighted by atomic mass is 35.5. The van der Waals surface area contributed by atoms with Gasteiger partial charge >= 0.3 is 0 Å². The van der Waals surface area contributed by atoms with Gasteiger partial charge in [-0.25, -0.2) is 0 Å². The van der Waals surface area contributed by atoms with E-state index in [2.05, 4.69) is 0 Å². The van der Waals surface area contributed by atoms with Gasteiger partial charge in [-0.2, -0.15) is 0 Å². The summed E-state index contributed by atoms with van der Waals surface area (Å²) in [6, 6.07) is 1.42. The standard InChI is InChI=1S/C10H10ClNO3/c1-5-8-6(4-7(13)9(5)14)2-3-12(11)10(8)15/h4,13-14H,2-3H2,1H3. The van der Waals surface area contributed by atoms with Crippen molar-refractivity contribution in [2.24, 2.45) is 0 Å². The largest absolute Gasteiger partial charge is 0.504 e. The molecular weight excluding hydrogens is 218 g/mol. The van der Waals surface area contributed by atoms with Crippen molar-refractivity contribution in [2.45, 2.75) is 13.3 Å². The van der Waals surface area contributed by atoms with Crippen molar-refractivity contribution in [1.82, 2.24) is 4.42 Å². The fourth-order valence-corrected chi connectivity index (χ4v) is 1.96. The number of hydrogen-bond acceptors (Lipinski definition) is 3. The van der Waals surface area contributed by atoms with Crippen molar-refractivity contribution in [3.8, 4) is 11.5 Å². The van der Waals surface area contributed by atoms with Gasteiger partial charge in [0.1, 0.15) is 0 Å². The highest BCUT2D eigenvalue weighted by Crippen LogP contribution is 2.36. The van der Waals surface area contributed by atoms with E-state index < -0.39 is 0 Å². The average Bonchev–Trinajstić information content (AvgIpc) is 2.20. The average molecular weight is 228 g/mol. The molecule has 1 aliphatic heterocycles. The highest BCUT2D eigenvalue weighted by Gasteiger charge is 2.27. The third kappa shape index (κ3) is 1.41. The molecular formula is C10H10ClNO3. The Morgan fingerprint density at radius 1 is 1.47 bits per heavy atom. The number of carbonyl (C=O) groups excluding carboxylic acids is 1. The first-order valence-corrected chi connectivity index (χ1v) is 4.88. The van der Waals surface area contributed by atoms with Gasteiger partial charge < -0.3 is 10.2 Å². The molecule has 1 heterocycles. The molecule has 0 bridgehead atoms. The first kappa shape index (κ1) is 10.1. The summed E-state index contributed by atoms with van der Waals surface area (Å²) < 4.78 is 1.09. The lowest BCUT2D eigenvalue weighted by atomic mass is 9.95. The molecule has 0 radical (unpaired) electrons. The fourth-order valence-electron chi connectivity index (χ4n) is 1.79. The Labute approximate surface area is 91.8 Å². The summed E-state index contributed by atoms with van der Waals surface area (Å²) in [6.45, 7) is 2.00. The van der Waals surface area contributed by atoms with Crippen LogP contribution in [-0.2, 0) is 6.42 Å². The van der Waals surface area contributed by atoms with Gasteiger partial charge in [0, 0.05) is 23.9 Å². The van der Waals surface area contributed by atoms with Crippen LogP contribution in [0.2, 0.25) is 0 Å². The number of nitrogens with zero attached hydrogens (tertiary/aromatic N) is 1. The summed E-state index contributed by atoms with van der Waals surface area (Å²) in [5.41, 5.74) is 1.50. The number of rotatable bonds is 0. The maximum absolute atomic E-state index is 11.7. The summed E-state index contributed by atoms with van der Waals surface area (Å²) >= 11 is 5.70. The van der Waals surface area contributed by atoms with Gasteiger partial charge in [-0.15, -0.1) is 0 Å². The molecule has 4 nitrogen and oxygen atoms in total. The summed E-state index contributed by atoms with van der Waals surface area (Å²) in [5.74, 6) is -0.776. The predicted octanol–water partition coefficient (Wildman–Crippen LogP) is 1.56. The Hall–Kier alpha value is -1.42. The third-order valence-corrected chi connectivity index (χ3v) is 2.94. The maximum Gasteiger partial charge on any atom is 0.268 e. The number of benzene rings is 1. The second-order valence-corrected chi connectivity index (χ2v) is 3.95. The molecule has 2 rings (SSSR count). The monoisotopic (exact) mass is 227 g/mol. The fraction of sp³-hybridized carbons (Fsp3) is 0.300. The van der Waals surface area contributed by atoms with Crippen molar-refractivity contribution in [2.75, 3.05) is 6.54 Å². The minimum atomic E-state index is -0.328. The molecule has 0 saturated carbocycles. The van der Waals surface area contributed by atoms with Gasteiger partial charge in [0.25, 0.3) is 5.91 Å². The van der Waals surface area contributed by atoms with Crippen molar-refractivity contribution >= 4 is 17.7 Å². The van der Waals surface area contributed by atoms with Gasteiger partial charge in [0.2, 0.25) is 0 Å². The lowest BCUT2D eigenvalue weighted by molar-refractivity contribution is 0.0850. The molecule has 15 heavy (non-hydrogen) atoms. The van der Waals surface area contributed by atoms with Crippen LogP contribution in [0.15, 0.2) is 6.07 Å². The van der Waals surface area contributed by atoms with Crippen LogP contribution in [0, 0.1) is 6.92 Å². The van der Waals surface area contributed by atoms with Gasteiger partial charge in [-0.05, 0) is 25.0 Å². The SMILES string of the molecule is Cc1c(O)c(O)cc2c1C(=O)N(Cl)CC2. The van der Waals surface area contributed by atoms with Crippen molar-refractivity contribution < 1.29 is 15.0 Å².